The van der Waals surface area contributed by atoms with Crippen LogP contribution in [-0.4, -0.2) is 17.5 Å². The second kappa shape index (κ2) is 9.30. The number of aromatic nitrogens is 1. The number of nitrogens with zero attached hydrogens (tertiary/aromatic N) is 1. The molecule has 1 amide bonds. The smallest absolute Gasteiger partial charge is 0.255 e. The molecule has 1 aromatic heterocycles. The number of fused-ring (bicyclic) bond motifs is 1. The summed E-state index contributed by atoms with van der Waals surface area (Å²) in [5, 5.41) is 3.83. The average molecular weight is 520 g/mol. The number of hydrogen-bond donors (Lipinski definition) is 1. The van der Waals surface area contributed by atoms with Gasteiger partial charge in [-0.15, -0.1) is 0 Å². The molecule has 0 saturated heterocycles. The van der Waals surface area contributed by atoms with Crippen LogP contribution in [0.5, 0.6) is 5.75 Å². The minimum atomic E-state index is -0.207. The van der Waals surface area contributed by atoms with Crippen LogP contribution in [0.2, 0.25) is 10.0 Å². The summed E-state index contributed by atoms with van der Waals surface area (Å²) in [6, 6.07) is 16.1. The molecule has 1 heterocycles. The molecule has 0 atom stereocenters. The number of carbonyl (C=O) groups excluding carboxylic acids is 1. The minimum Gasteiger partial charge on any atom is -0.493 e. The maximum absolute atomic E-state index is 12.5. The predicted octanol–water partition coefficient (Wildman–Crippen LogP) is 7.14. The van der Waals surface area contributed by atoms with Crippen LogP contribution in [0.1, 0.15) is 28.7 Å². The van der Waals surface area contributed by atoms with Crippen molar-refractivity contribution in [1.29, 1.82) is 0 Å². The normalized spacial score (nSPS) is 11.0. The molecule has 158 valence electrons. The van der Waals surface area contributed by atoms with Crippen molar-refractivity contribution in [2.75, 3.05) is 11.9 Å². The number of nitrogens with one attached hydrogen (secondary N) is 1. The first-order valence-corrected chi connectivity index (χ1v) is 11.0. The number of hydrogen-bond acceptors (Lipinski definition) is 4. The summed E-state index contributed by atoms with van der Waals surface area (Å²) in [4.78, 5) is 17.0. The maximum Gasteiger partial charge on any atom is 0.255 e. The van der Waals surface area contributed by atoms with Crippen LogP contribution in [0.3, 0.4) is 0 Å². The Balaban J connectivity index is 1.44. The standard InChI is InChI=1S/C23H17BrCl2N2O3/c1-2-30-20-8-5-14(10-17(20)24)23(29)27-16-6-3-13(4-7-16)9-21-28-19-12-15(25)11-18(26)22(19)31-21/h3-8,10-12H,2,9H2,1H3,(H,27,29). The molecule has 0 aliphatic heterocycles. The number of anilines is 1. The van der Waals surface area contributed by atoms with Gasteiger partial charge >= 0.3 is 0 Å². The summed E-state index contributed by atoms with van der Waals surface area (Å²) in [7, 11) is 0. The summed E-state index contributed by atoms with van der Waals surface area (Å²) in [5.74, 6) is 1.03. The molecule has 5 nitrogen and oxygen atoms in total. The molecule has 4 aromatic rings. The topological polar surface area (TPSA) is 64.4 Å². The number of benzene rings is 3. The molecular formula is C23H17BrCl2N2O3. The third kappa shape index (κ3) is 5.03. The van der Waals surface area contributed by atoms with E-state index >= 15 is 0 Å². The van der Waals surface area contributed by atoms with Gasteiger partial charge in [0.1, 0.15) is 11.3 Å². The molecule has 4 rings (SSSR count). The van der Waals surface area contributed by atoms with Gasteiger partial charge in [0.15, 0.2) is 11.5 Å². The van der Waals surface area contributed by atoms with Crippen LogP contribution >= 0.6 is 39.1 Å². The molecule has 31 heavy (non-hydrogen) atoms. The van der Waals surface area contributed by atoms with Crippen molar-refractivity contribution in [2.24, 2.45) is 0 Å². The highest BCUT2D eigenvalue weighted by Gasteiger charge is 2.12. The zero-order chi connectivity index (χ0) is 22.0. The van der Waals surface area contributed by atoms with E-state index in [9.17, 15) is 4.79 Å². The first-order chi connectivity index (χ1) is 14.9. The minimum absolute atomic E-state index is 0.207. The van der Waals surface area contributed by atoms with Gasteiger partial charge in [-0.25, -0.2) is 4.98 Å². The van der Waals surface area contributed by atoms with Gasteiger partial charge in [0, 0.05) is 22.7 Å². The second-order valence-electron chi connectivity index (χ2n) is 6.75. The fourth-order valence-corrected chi connectivity index (χ4v) is 4.09. The summed E-state index contributed by atoms with van der Waals surface area (Å²) >= 11 is 15.6. The van der Waals surface area contributed by atoms with Crippen LogP contribution in [0, 0.1) is 0 Å². The van der Waals surface area contributed by atoms with Crippen molar-refractivity contribution in [2.45, 2.75) is 13.3 Å². The van der Waals surface area contributed by atoms with Gasteiger partial charge in [0.25, 0.3) is 5.91 Å². The van der Waals surface area contributed by atoms with E-state index in [1.807, 2.05) is 31.2 Å². The van der Waals surface area contributed by atoms with Crippen LogP contribution in [-0.2, 0) is 6.42 Å². The molecule has 0 radical (unpaired) electrons. The number of carbonyl (C=O) groups is 1. The lowest BCUT2D eigenvalue weighted by molar-refractivity contribution is 0.102. The number of halogens is 3. The zero-order valence-electron chi connectivity index (χ0n) is 16.4. The highest BCUT2D eigenvalue weighted by atomic mass is 79.9. The third-order valence-electron chi connectivity index (χ3n) is 4.51. The van der Waals surface area contributed by atoms with Crippen LogP contribution in [0.4, 0.5) is 5.69 Å². The van der Waals surface area contributed by atoms with Gasteiger partial charge in [-0.1, -0.05) is 35.3 Å². The van der Waals surface area contributed by atoms with E-state index in [0.29, 0.717) is 57.1 Å². The van der Waals surface area contributed by atoms with Crippen molar-refractivity contribution in [1.82, 2.24) is 4.98 Å². The monoisotopic (exact) mass is 518 g/mol. The Morgan fingerprint density at radius 1 is 1.13 bits per heavy atom. The Bertz CT molecular complexity index is 1260. The van der Waals surface area contributed by atoms with E-state index in [1.54, 1.807) is 30.3 Å². The first kappa shape index (κ1) is 21.7. The van der Waals surface area contributed by atoms with Crippen molar-refractivity contribution in [3.05, 3.63) is 86.1 Å². The molecule has 3 aromatic carbocycles. The summed E-state index contributed by atoms with van der Waals surface area (Å²) in [5.41, 5.74) is 3.34. The lowest BCUT2D eigenvalue weighted by Gasteiger charge is -2.09. The Morgan fingerprint density at radius 3 is 2.61 bits per heavy atom. The van der Waals surface area contributed by atoms with E-state index < -0.39 is 0 Å². The Labute approximate surface area is 197 Å². The summed E-state index contributed by atoms with van der Waals surface area (Å²) in [6.45, 7) is 2.46. The number of ether oxygens (including phenoxy) is 1. The van der Waals surface area contributed by atoms with Crippen molar-refractivity contribution >= 4 is 61.8 Å². The van der Waals surface area contributed by atoms with E-state index in [4.69, 9.17) is 32.4 Å². The van der Waals surface area contributed by atoms with E-state index in [1.165, 1.54) is 0 Å². The Hall–Kier alpha value is -2.54. The fraction of sp³-hybridized carbons (Fsp3) is 0.130. The Kier molecular flexibility index (Phi) is 6.51. The SMILES string of the molecule is CCOc1ccc(C(=O)Nc2ccc(Cc3nc4cc(Cl)cc(Cl)c4o3)cc2)cc1Br. The number of rotatable bonds is 6. The quantitative estimate of drug-likeness (QED) is 0.294. The molecule has 1 N–H and O–H groups in total. The summed E-state index contributed by atoms with van der Waals surface area (Å²) < 4.78 is 12.0. The third-order valence-corrected chi connectivity index (χ3v) is 5.63. The van der Waals surface area contributed by atoms with Gasteiger partial charge in [-0.3, -0.25) is 4.79 Å². The fourth-order valence-electron chi connectivity index (χ4n) is 3.08. The highest BCUT2D eigenvalue weighted by Crippen LogP contribution is 2.29. The van der Waals surface area contributed by atoms with Crippen molar-refractivity contribution in [3.63, 3.8) is 0 Å². The molecule has 0 spiro atoms. The van der Waals surface area contributed by atoms with Gasteiger partial charge in [0.2, 0.25) is 0 Å². The molecule has 0 saturated carbocycles. The van der Waals surface area contributed by atoms with E-state index in [-0.39, 0.29) is 5.91 Å². The van der Waals surface area contributed by atoms with Gasteiger partial charge in [0.05, 0.1) is 16.1 Å². The number of amides is 1. The highest BCUT2D eigenvalue weighted by molar-refractivity contribution is 9.10. The van der Waals surface area contributed by atoms with E-state index in [0.717, 1.165) is 10.0 Å². The molecule has 0 unspecified atom stereocenters. The summed E-state index contributed by atoms with van der Waals surface area (Å²) in [6.07, 6.45) is 0.489. The molecule has 0 aliphatic carbocycles. The molecule has 8 heteroatoms. The Morgan fingerprint density at radius 2 is 1.90 bits per heavy atom. The molecular weight excluding hydrogens is 503 g/mol. The molecule has 0 fully saturated rings. The van der Waals surface area contributed by atoms with Crippen LogP contribution in [0.15, 0.2) is 63.5 Å². The second-order valence-corrected chi connectivity index (χ2v) is 8.45. The lowest BCUT2D eigenvalue weighted by Crippen LogP contribution is -2.12. The lowest BCUT2D eigenvalue weighted by atomic mass is 10.1. The predicted molar refractivity (Wildman–Crippen MR) is 127 cm³/mol. The van der Waals surface area contributed by atoms with Gasteiger partial charge < -0.3 is 14.5 Å². The van der Waals surface area contributed by atoms with Crippen molar-refractivity contribution in [3.8, 4) is 5.75 Å². The van der Waals surface area contributed by atoms with Crippen LogP contribution in [0.25, 0.3) is 11.1 Å². The maximum atomic E-state index is 12.5. The largest absolute Gasteiger partial charge is 0.493 e. The van der Waals surface area contributed by atoms with Crippen molar-refractivity contribution < 1.29 is 13.9 Å². The van der Waals surface area contributed by atoms with Gasteiger partial charge in [-0.2, -0.15) is 0 Å². The first-order valence-electron chi connectivity index (χ1n) is 9.50. The molecule has 0 aliphatic rings. The zero-order valence-corrected chi connectivity index (χ0v) is 19.5. The molecule has 0 bridgehead atoms. The van der Waals surface area contributed by atoms with Gasteiger partial charge in [-0.05, 0) is 70.9 Å². The number of oxazole rings is 1. The van der Waals surface area contributed by atoms with Crippen LogP contribution < -0.4 is 10.1 Å². The van der Waals surface area contributed by atoms with E-state index in [2.05, 4.69) is 26.2 Å². The average Bonchev–Trinajstić information content (AvgIpc) is 3.13.